The molecule has 118 valence electrons. The predicted molar refractivity (Wildman–Crippen MR) is 84.3 cm³/mol. The van der Waals surface area contributed by atoms with Crippen LogP contribution in [0.25, 0.3) is 0 Å². The summed E-state index contributed by atoms with van der Waals surface area (Å²) in [5, 5.41) is 0.536. The van der Waals surface area contributed by atoms with Gasteiger partial charge in [-0.1, -0.05) is 17.7 Å². The van der Waals surface area contributed by atoms with E-state index in [1.807, 2.05) is 0 Å². The number of amides is 2. The highest BCUT2D eigenvalue weighted by atomic mass is 35.5. The number of hydrogen-bond acceptors (Lipinski definition) is 2. The van der Waals surface area contributed by atoms with E-state index in [1.54, 1.807) is 29.2 Å². The Balaban J connectivity index is 1.75. The monoisotopic (exact) mass is 323 g/mol. The fraction of sp³-hybridized carbons (Fsp3) is 0.500. The van der Waals surface area contributed by atoms with Gasteiger partial charge in [0.25, 0.3) is 5.91 Å². The molecule has 2 saturated heterocycles. The summed E-state index contributed by atoms with van der Waals surface area (Å²) in [6.07, 6.45) is 0.308. The minimum absolute atomic E-state index is 0.0813. The summed E-state index contributed by atoms with van der Waals surface area (Å²) in [5.41, 5.74) is 0.585. The molecule has 0 saturated carbocycles. The number of anilines is 1. The third-order valence-electron chi connectivity index (χ3n) is 4.81. The molecule has 1 aromatic carbocycles. The van der Waals surface area contributed by atoms with E-state index in [-0.39, 0.29) is 17.9 Å². The molecule has 0 spiro atoms. The van der Waals surface area contributed by atoms with Crippen LogP contribution in [0.2, 0.25) is 5.02 Å². The molecule has 2 aliphatic heterocycles. The van der Waals surface area contributed by atoms with E-state index >= 15 is 0 Å². The van der Waals surface area contributed by atoms with Crippen molar-refractivity contribution in [2.45, 2.75) is 19.4 Å². The van der Waals surface area contributed by atoms with Gasteiger partial charge in [-0.15, -0.1) is 0 Å². The highest BCUT2D eigenvalue weighted by molar-refractivity contribution is 6.31. The van der Waals surface area contributed by atoms with Crippen molar-refractivity contribution in [2.24, 2.45) is 0 Å². The highest BCUT2D eigenvalue weighted by Gasteiger charge is 2.46. The Kier molecular flexibility index (Phi) is 4.47. The van der Waals surface area contributed by atoms with Crippen molar-refractivity contribution >= 4 is 29.1 Å². The van der Waals surface area contributed by atoms with Crippen LogP contribution in [-0.2, 0) is 9.59 Å². The summed E-state index contributed by atoms with van der Waals surface area (Å²) in [7, 11) is 0. The minimum Gasteiger partial charge on any atom is -0.326 e. The molecule has 22 heavy (non-hydrogen) atoms. The number of nitrogens with zero attached hydrogens (tertiary/aromatic N) is 1. The van der Waals surface area contributed by atoms with E-state index in [0.717, 1.165) is 32.7 Å². The fourth-order valence-corrected chi connectivity index (χ4v) is 3.65. The number of hydrogen-bond donors (Lipinski definition) is 2. The smallest absolute Gasteiger partial charge is 0.292 e. The van der Waals surface area contributed by atoms with Gasteiger partial charge < -0.3 is 9.80 Å². The average molecular weight is 324 g/mol. The van der Waals surface area contributed by atoms with Crippen LogP contribution in [0.5, 0.6) is 0 Å². The van der Waals surface area contributed by atoms with Crippen molar-refractivity contribution < 1.29 is 19.4 Å². The number of halogens is 1. The first kappa shape index (κ1) is 15.5. The number of benzene rings is 1. The number of quaternary nitrogens is 2. The van der Waals surface area contributed by atoms with Gasteiger partial charge in [0.1, 0.15) is 26.2 Å². The molecule has 2 N–H and O–H groups in total. The molecule has 3 rings (SSSR count). The first-order valence-electron chi connectivity index (χ1n) is 7.90. The number of carbonyl (C=O) groups is 2. The molecular formula is C16H22ClN3O2+2. The maximum Gasteiger partial charge on any atom is 0.292 e. The lowest BCUT2D eigenvalue weighted by Gasteiger charge is -2.31. The molecule has 2 aliphatic rings. The van der Waals surface area contributed by atoms with Gasteiger partial charge in [0.15, 0.2) is 6.04 Å². The third-order valence-corrected chi connectivity index (χ3v) is 5.04. The van der Waals surface area contributed by atoms with Crippen molar-refractivity contribution in [3.8, 4) is 0 Å². The molecule has 1 aromatic rings. The molecule has 0 radical (unpaired) electrons. The molecule has 0 unspecified atom stereocenters. The lowest BCUT2D eigenvalue weighted by molar-refractivity contribution is -1.02. The van der Waals surface area contributed by atoms with E-state index in [9.17, 15) is 9.59 Å². The van der Waals surface area contributed by atoms with E-state index < -0.39 is 0 Å². The van der Waals surface area contributed by atoms with Crippen molar-refractivity contribution in [3.63, 3.8) is 0 Å². The largest absolute Gasteiger partial charge is 0.326 e. The van der Waals surface area contributed by atoms with Crippen LogP contribution >= 0.6 is 11.6 Å². The van der Waals surface area contributed by atoms with Gasteiger partial charge in [0, 0.05) is 5.02 Å². The molecule has 6 heteroatoms. The van der Waals surface area contributed by atoms with Crippen molar-refractivity contribution in [3.05, 3.63) is 29.3 Å². The van der Waals surface area contributed by atoms with Crippen LogP contribution in [0, 0.1) is 0 Å². The Labute approximate surface area is 135 Å². The van der Waals surface area contributed by atoms with E-state index in [2.05, 4.69) is 6.92 Å². The molecule has 0 aromatic heterocycles. The number of rotatable bonds is 3. The van der Waals surface area contributed by atoms with Crippen molar-refractivity contribution in [2.75, 3.05) is 37.6 Å². The predicted octanol–water partition coefficient (Wildman–Crippen LogP) is -1.22. The molecule has 0 bridgehead atoms. The standard InChI is InChI=1S/C16H20ClN3O2/c1-2-18-6-8-19(9-7-18)14-11-15(21)20(16(14)22)13-5-3-4-12(17)10-13/h3-5,10,14H,2,6-9,11H2,1H3/p+2/t14-/m0/s1. The van der Waals surface area contributed by atoms with Crippen LogP contribution in [-0.4, -0.2) is 50.6 Å². The first-order valence-corrected chi connectivity index (χ1v) is 8.28. The van der Waals surface area contributed by atoms with Crippen molar-refractivity contribution in [1.29, 1.82) is 0 Å². The second kappa shape index (κ2) is 6.36. The third kappa shape index (κ3) is 2.89. The van der Waals surface area contributed by atoms with Gasteiger partial charge in [0.05, 0.1) is 18.7 Å². The first-order chi connectivity index (χ1) is 10.6. The van der Waals surface area contributed by atoms with Crippen LogP contribution in [0.3, 0.4) is 0 Å². The Morgan fingerprint density at radius 3 is 2.59 bits per heavy atom. The van der Waals surface area contributed by atoms with Crippen LogP contribution in [0.4, 0.5) is 5.69 Å². The molecule has 2 heterocycles. The fourth-order valence-electron chi connectivity index (χ4n) is 3.46. The zero-order chi connectivity index (χ0) is 15.7. The quantitative estimate of drug-likeness (QED) is 0.685. The Morgan fingerprint density at radius 2 is 1.95 bits per heavy atom. The summed E-state index contributed by atoms with van der Waals surface area (Å²) in [6, 6.07) is 6.71. The van der Waals surface area contributed by atoms with Crippen LogP contribution in [0.15, 0.2) is 24.3 Å². The number of piperazine rings is 1. The van der Waals surface area contributed by atoms with Gasteiger partial charge in [0.2, 0.25) is 5.91 Å². The molecule has 2 fully saturated rings. The Hall–Kier alpha value is -1.43. The van der Waals surface area contributed by atoms with Gasteiger partial charge in [-0.25, -0.2) is 4.90 Å². The Morgan fingerprint density at radius 1 is 1.23 bits per heavy atom. The van der Waals surface area contributed by atoms with E-state index in [4.69, 9.17) is 11.6 Å². The number of imide groups is 1. The van der Waals surface area contributed by atoms with Crippen molar-refractivity contribution in [1.82, 2.24) is 0 Å². The summed E-state index contributed by atoms with van der Waals surface area (Å²) < 4.78 is 0. The van der Waals surface area contributed by atoms with Crippen LogP contribution in [0.1, 0.15) is 13.3 Å². The van der Waals surface area contributed by atoms with Crippen LogP contribution < -0.4 is 14.7 Å². The van der Waals surface area contributed by atoms with E-state index in [1.165, 1.54) is 9.80 Å². The molecule has 5 nitrogen and oxygen atoms in total. The summed E-state index contributed by atoms with van der Waals surface area (Å²) in [6.45, 7) is 7.36. The van der Waals surface area contributed by atoms with Gasteiger partial charge in [-0.3, -0.25) is 9.59 Å². The summed E-state index contributed by atoms with van der Waals surface area (Å²) >= 11 is 5.98. The van der Waals surface area contributed by atoms with Gasteiger partial charge in [-0.2, -0.15) is 0 Å². The number of likely N-dealkylation sites (N-methyl/N-ethyl adjacent to an activating group) is 1. The molecular weight excluding hydrogens is 302 g/mol. The summed E-state index contributed by atoms with van der Waals surface area (Å²) in [5.74, 6) is -0.197. The average Bonchev–Trinajstić information content (AvgIpc) is 2.82. The normalized spacial score (nSPS) is 29.2. The maximum absolute atomic E-state index is 12.7. The lowest BCUT2D eigenvalue weighted by Crippen LogP contribution is -3.29. The minimum atomic E-state index is -0.232. The van der Waals surface area contributed by atoms with Gasteiger partial charge >= 0.3 is 0 Å². The second-order valence-corrected chi connectivity index (χ2v) is 6.50. The lowest BCUT2D eigenvalue weighted by atomic mass is 10.1. The topological polar surface area (TPSA) is 46.3 Å². The highest BCUT2D eigenvalue weighted by Crippen LogP contribution is 2.24. The molecule has 1 atom stereocenters. The number of carbonyl (C=O) groups excluding carboxylic acids is 2. The zero-order valence-corrected chi connectivity index (χ0v) is 13.5. The SMILES string of the molecule is CC[NH+]1CC[NH+]([C@H]2CC(=O)N(c3cccc(Cl)c3)C2=O)CC1. The second-order valence-electron chi connectivity index (χ2n) is 6.07. The van der Waals surface area contributed by atoms with E-state index in [0.29, 0.717) is 17.1 Å². The molecule has 0 aliphatic carbocycles. The zero-order valence-electron chi connectivity index (χ0n) is 12.8. The summed E-state index contributed by atoms with van der Waals surface area (Å²) in [4.78, 5) is 29.2. The molecule has 2 amide bonds. The Bertz CT molecular complexity index is 585. The maximum atomic E-state index is 12.7. The number of nitrogens with one attached hydrogen (secondary N) is 2. The van der Waals surface area contributed by atoms with Gasteiger partial charge in [-0.05, 0) is 25.1 Å².